The smallest absolute Gasteiger partial charge is 0.223 e. The Hall–Kier alpha value is -1.79. The van der Waals surface area contributed by atoms with Gasteiger partial charge in [-0.15, -0.1) is 0 Å². The molecule has 20 heavy (non-hydrogen) atoms. The van der Waals surface area contributed by atoms with Crippen molar-refractivity contribution in [1.82, 2.24) is 5.32 Å². The molecule has 6 heteroatoms. The number of para-hydroxylation sites is 2. The van der Waals surface area contributed by atoms with E-state index in [0.29, 0.717) is 44.4 Å². The summed E-state index contributed by atoms with van der Waals surface area (Å²) in [6.07, 6.45) is 0.223. The van der Waals surface area contributed by atoms with E-state index < -0.39 is 0 Å². The Morgan fingerprint density at radius 1 is 1.40 bits per heavy atom. The highest BCUT2D eigenvalue weighted by atomic mass is 16.6. The van der Waals surface area contributed by atoms with Gasteiger partial charge in [0.2, 0.25) is 5.91 Å². The van der Waals surface area contributed by atoms with Gasteiger partial charge in [-0.1, -0.05) is 12.1 Å². The molecular formula is C14H20N2O4. The fourth-order valence-corrected chi connectivity index (χ4v) is 1.84. The monoisotopic (exact) mass is 280 g/mol. The Bertz CT molecular complexity index is 433. The summed E-state index contributed by atoms with van der Waals surface area (Å²) >= 11 is 0. The third kappa shape index (κ3) is 4.71. The van der Waals surface area contributed by atoms with E-state index in [2.05, 4.69) is 5.32 Å². The molecule has 2 rings (SSSR count). The number of carbonyl (C=O) groups is 1. The molecule has 1 heterocycles. The van der Waals surface area contributed by atoms with E-state index in [4.69, 9.17) is 19.9 Å². The average molecular weight is 280 g/mol. The third-order valence-electron chi connectivity index (χ3n) is 2.92. The lowest BCUT2D eigenvalue weighted by Crippen LogP contribution is -2.40. The molecule has 110 valence electrons. The first-order valence-electron chi connectivity index (χ1n) is 6.69. The number of anilines is 1. The molecule has 0 spiro atoms. The van der Waals surface area contributed by atoms with Gasteiger partial charge in [0.05, 0.1) is 44.6 Å². The van der Waals surface area contributed by atoms with Gasteiger partial charge in [-0.05, 0) is 12.1 Å². The van der Waals surface area contributed by atoms with E-state index in [0.717, 1.165) is 0 Å². The van der Waals surface area contributed by atoms with Crippen molar-refractivity contribution in [2.75, 3.05) is 38.7 Å². The second-order valence-electron chi connectivity index (χ2n) is 4.51. The van der Waals surface area contributed by atoms with Crippen molar-refractivity contribution in [3.05, 3.63) is 24.3 Å². The molecule has 6 nitrogen and oxygen atoms in total. The molecule has 0 aliphatic carbocycles. The van der Waals surface area contributed by atoms with Gasteiger partial charge in [-0.3, -0.25) is 4.79 Å². The van der Waals surface area contributed by atoms with Crippen LogP contribution in [0, 0.1) is 0 Å². The van der Waals surface area contributed by atoms with Gasteiger partial charge in [-0.25, -0.2) is 0 Å². The molecule has 1 fully saturated rings. The normalized spacial score (nSPS) is 18.5. The van der Waals surface area contributed by atoms with Crippen LogP contribution in [-0.4, -0.2) is 45.0 Å². The minimum Gasteiger partial charge on any atom is -0.491 e. The van der Waals surface area contributed by atoms with E-state index in [1.54, 1.807) is 12.1 Å². The fraction of sp³-hybridized carbons (Fsp3) is 0.500. The number of amides is 1. The molecule has 1 saturated heterocycles. The molecule has 1 unspecified atom stereocenters. The summed E-state index contributed by atoms with van der Waals surface area (Å²) in [5, 5.41) is 2.80. The lowest BCUT2D eigenvalue weighted by atomic mass is 10.3. The van der Waals surface area contributed by atoms with Crippen LogP contribution in [0.25, 0.3) is 0 Å². The molecule has 3 N–H and O–H groups in total. The van der Waals surface area contributed by atoms with Crippen molar-refractivity contribution >= 4 is 11.6 Å². The first-order chi connectivity index (χ1) is 9.75. The van der Waals surface area contributed by atoms with Crippen LogP contribution in [0.1, 0.15) is 6.42 Å². The van der Waals surface area contributed by atoms with Crippen molar-refractivity contribution < 1.29 is 19.0 Å². The molecule has 0 aromatic heterocycles. The van der Waals surface area contributed by atoms with Gasteiger partial charge in [-0.2, -0.15) is 0 Å². The minimum atomic E-state index is -0.0753. The van der Waals surface area contributed by atoms with Crippen LogP contribution in [0.5, 0.6) is 5.75 Å². The minimum absolute atomic E-state index is 0.0570. The Morgan fingerprint density at radius 2 is 2.25 bits per heavy atom. The molecule has 1 aromatic carbocycles. The van der Waals surface area contributed by atoms with Crippen molar-refractivity contribution in [3.63, 3.8) is 0 Å². The molecule has 0 radical (unpaired) electrons. The number of rotatable bonds is 6. The molecule has 1 atom stereocenters. The predicted octanol–water partition coefficient (Wildman–Crippen LogP) is 0.569. The Kier molecular flexibility index (Phi) is 5.64. The van der Waals surface area contributed by atoms with E-state index in [1.807, 2.05) is 12.1 Å². The van der Waals surface area contributed by atoms with Gasteiger partial charge in [0.25, 0.3) is 0 Å². The van der Waals surface area contributed by atoms with Gasteiger partial charge in [0, 0.05) is 6.54 Å². The van der Waals surface area contributed by atoms with Crippen LogP contribution in [0.2, 0.25) is 0 Å². The maximum Gasteiger partial charge on any atom is 0.223 e. The summed E-state index contributed by atoms with van der Waals surface area (Å²) in [6, 6.07) is 7.21. The maximum absolute atomic E-state index is 11.6. The fourth-order valence-electron chi connectivity index (χ4n) is 1.84. The standard InChI is InChI=1S/C14H20N2O4/c15-12-3-1-2-4-13(12)20-6-5-14(17)16-9-11-10-18-7-8-19-11/h1-4,11H,5-10,15H2,(H,16,17). The summed E-state index contributed by atoms with van der Waals surface area (Å²) in [6.45, 7) is 2.49. The molecule has 0 saturated carbocycles. The number of hydrogen-bond acceptors (Lipinski definition) is 5. The second kappa shape index (κ2) is 7.72. The van der Waals surface area contributed by atoms with E-state index >= 15 is 0 Å². The molecule has 1 aromatic rings. The summed E-state index contributed by atoms with van der Waals surface area (Å²) in [4.78, 5) is 11.6. The highest BCUT2D eigenvalue weighted by Crippen LogP contribution is 2.19. The molecular weight excluding hydrogens is 260 g/mol. The molecule has 1 aliphatic heterocycles. The molecule has 1 aliphatic rings. The lowest BCUT2D eigenvalue weighted by molar-refractivity contribution is -0.124. The average Bonchev–Trinajstić information content (AvgIpc) is 2.48. The largest absolute Gasteiger partial charge is 0.491 e. The van der Waals surface area contributed by atoms with Crippen molar-refractivity contribution in [3.8, 4) is 5.75 Å². The van der Waals surface area contributed by atoms with Gasteiger partial charge in [0.15, 0.2) is 0 Å². The number of nitrogens with one attached hydrogen (secondary N) is 1. The predicted molar refractivity (Wildman–Crippen MR) is 74.5 cm³/mol. The number of nitrogens with two attached hydrogens (primary N) is 1. The maximum atomic E-state index is 11.6. The Labute approximate surface area is 118 Å². The zero-order valence-corrected chi connectivity index (χ0v) is 11.3. The van der Waals surface area contributed by atoms with Crippen molar-refractivity contribution in [1.29, 1.82) is 0 Å². The number of benzene rings is 1. The number of hydrogen-bond donors (Lipinski definition) is 2. The first kappa shape index (κ1) is 14.6. The number of nitrogen functional groups attached to an aromatic ring is 1. The Balaban J connectivity index is 1.61. The van der Waals surface area contributed by atoms with Gasteiger partial charge < -0.3 is 25.3 Å². The zero-order chi connectivity index (χ0) is 14.2. The van der Waals surface area contributed by atoms with E-state index in [9.17, 15) is 4.79 Å². The van der Waals surface area contributed by atoms with Crippen LogP contribution in [0.3, 0.4) is 0 Å². The van der Waals surface area contributed by atoms with Crippen LogP contribution in [0.4, 0.5) is 5.69 Å². The van der Waals surface area contributed by atoms with E-state index in [1.165, 1.54) is 0 Å². The van der Waals surface area contributed by atoms with Crippen LogP contribution < -0.4 is 15.8 Å². The summed E-state index contributed by atoms with van der Waals surface area (Å²) in [7, 11) is 0. The van der Waals surface area contributed by atoms with Crippen molar-refractivity contribution in [2.45, 2.75) is 12.5 Å². The summed E-state index contributed by atoms with van der Waals surface area (Å²) < 4.78 is 16.1. The topological polar surface area (TPSA) is 82.8 Å². The summed E-state index contributed by atoms with van der Waals surface area (Å²) in [5.74, 6) is 0.526. The quantitative estimate of drug-likeness (QED) is 0.744. The van der Waals surface area contributed by atoms with Crippen LogP contribution in [-0.2, 0) is 14.3 Å². The van der Waals surface area contributed by atoms with Gasteiger partial charge in [0.1, 0.15) is 5.75 Å². The van der Waals surface area contributed by atoms with Gasteiger partial charge >= 0.3 is 0 Å². The second-order valence-corrected chi connectivity index (χ2v) is 4.51. The van der Waals surface area contributed by atoms with Crippen LogP contribution >= 0.6 is 0 Å². The number of ether oxygens (including phenoxy) is 3. The third-order valence-corrected chi connectivity index (χ3v) is 2.92. The highest BCUT2D eigenvalue weighted by molar-refractivity contribution is 5.76. The summed E-state index contributed by atoms with van der Waals surface area (Å²) in [5.41, 5.74) is 6.31. The zero-order valence-electron chi connectivity index (χ0n) is 11.3. The highest BCUT2D eigenvalue weighted by Gasteiger charge is 2.15. The number of carbonyl (C=O) groups excluding carboxylic acids is 1. The van der Waals surface area contributed by atoms with Crippen LogP contribution in [0.15, 0.2) is 24.3 Å². The molecule has 1 amide bonds. The van der Waals surface area contributed by atoms with Crippen molar-refractivity contribution in [2.24, 2.45) is 0 Å². The molecule has 0 bridgehead atoms. The lowest BCUT2D eigenvalue weighted by Gasteiger charge is -2.23. The first-order valence-corrected chi connectivity index (χ1v) is 6.69. The Morgan fingerprint density at radius 3 is 3.00 bits per heavy atom. The SMILES string of the molecule is Nc1ccccc1OCCC(=O)NCC1COCCO1. The van der Waals surface area contributed by atoms with E-state index in [-0.39, 0.29) is 18.4 Å².